The molecule has 0 aliphatic heterocycles. The average Bonchev–Trinajstić information content (AvgIpc) is 3.17. The molecule has 0 fully saturated rings. The smallest absolute Gasteiger partial charge is 0.00295 e. The standard InChI is InChI=1S/C48H34/c1-3-11-33(12-4-1)36-19-24-38(25-20-36)47-43-17-9-10-18-44(43)48(39-26-21-37(22-27-39)34-13-5-2-6-14-34)46-32-42(29-30-45(46)47)41-28-23-35-15-7-8-16-40(35)31-41/h1-28,31-32H,29-30H2. The van der Waals surface area contributed by atoms with Crippen LogP contribution in [0.4, 0.5) is 0 Å². The molecule has 0 amide bonds. The Kier molecular flexibility index (Phi) is 7.06. The Morgan fingerprint density at radius 3 is 1.40 bits per heavy atom. The summed E-state index contributed by atoms with van der Waals surface area (Å²) >= 11 is 0. The van der Waals surface area contributed by atoms with Gasteiger partial charge in [-0.1, -0.05) is 176 Å². The van der Waals surface area contributed by atoms with Gasteiger partial charge in [0.2, 0.25) is 0 Å². The van der Waals surface area contributed by atoms with Crippen LogP contribution in [0.25, 0.3) is 77.7 Å². The quantitative estimate of drug-likeness (QED) is 0.182. The molecule has 226 valence electrons. The lowest BCUT2D eigenvalue weighted by Crippen LogP contribution is -2.05. The summed E-state index contributed by atoms with van der Waals surface area (Å²) in [5.74, 6) is 0. The number of benzene rings is 8. The molecule has 0 heterocycles. The Morgan fingerprint density at radius 2 is 0.771 bits per heavy atom. The van der Waals surface area contributed by atoms with E-state index in [4.69, 9.17) is 0 Å². The first-order valence-electron chi connectivity index (χ1n) is 16.9. The van der Waals surface area contributed by atoms with Gasteiger partial charge < -0.3 is 0 Å². The second-order valence-electron chi connectivity index (χ2n) is 12.8. The van der Waals surface area contributed by atoms with Crippen LogP contribution in [0.5, 0.6) is 0 Å². The van der Waals surface area contributed by atoms with Crippen molar-refractivity contribution >= 4 is 33.2 Å². The van der Waals surface area contributed by atoms with E-state index < -0.39 is 0 Å². The van der Waals surface area contributed by atoms with Crippen LogP contribution >= 0.6 is 0 Å². The van der Waals surface area contributed by atoms with Crippen molar-refractivity contribution in [3.63, 3.8) is 0 Å². The summed E-state index contributed by atoms with van der Waals surface area (Å²) in [5.41, 5.74) is 15.7. The van der Waals surface area contributed by atoms with E-state index in [9.17, 15) is 0 Å². The van der Waals surface area contributed by atoms with Gasteiger partial charge in [0.15, 0.2) is 0 Å². The molecule has 48 heavy (non-hydrogen) atoms. The number of allylic oxidation sites excluding steroid dienone is 1. The van der Waals surface area contributed by atoms with Gasteiger partial charge in [0.25, 0.3) is 0 Å². The Morgan fingerprint density at radius 1 is 0.312 bits per heavy atom. The van der Waals surface area contributed by atoms with Gasteiger partial charge in [-0.05, 0) is 107 Å². The summed E-state index contributed by atoms with van der Waals surface area (Å²) in [5, 5.41) is 5.18. The Hall–Kier alpha value is -5.98. The topological polar surface area (TPSA) is 0 Å². The van der Waals surface area contributed by atoms with Crippen molar-refractivity contribution in [3.05, 3.63) is 193 Å². The maximum Gasteiger partial charge on any atom is -0.00295 e. The molecule has 0 saturated heterocycles. The van der Waals surface area contributed by atoms with Crippen molar-refractivity contribution in [2.75, 3.05) is 0 Å². The van der Waals surface area contributed by atoms with E-state index in [2.05, 4.69) is 182 Å². The zero-order valence-corrected chi connectivity index (χ0v) is 26.7. The summed E-state index contributed by atoms with van der Waals surface area (Å²) in [6.07, 6.45) is 4.49. The van der Waals surface area contributed by atoms with Crippen molar-refractivity contribution in [2.24, 2.45) is 0 Å². The van der Waals surface area contributed by atoms with Crippen LogP contribution in [0.2, 0.25) is 0 Å². The van der Waals surface area contributed by atoms with Gasteiger partial charge in [-0.15, -0.1) is 0 Å². The molecule has 0 aromatic heterocycles. The summed E-state index contributed by atoms with van der Waals surface area (Å²) < 4.78 is 0. The molecule has 0 atom stereocenters. The molecule has 8 aromatic rings. The fourth-order valence-electron chi connectivity index (χ4n) is 7.61. The lowest BCUT2D eigenvalue weighted by Gasteiger charge is -2.26. The van der Waals surface area contributed by atoms with Gasteiger partial charge in [-0.25, -0.2) is 0 Å². The van der Waals surface area contributed by atoms with Crippen molar-refractivity contribution in [2.45, 2.75) is 12.8 Å². The van der Waals surface area contributed by atoms with Gasteiger partial charge in [-0.3, -0.25) is 0 Å². The third-order valence-electron chi connectivity index (χ3n) is 10.0. The fraction of sp³-hybridized carbons (Fsp3) is 0.0417. The summed E-state index contributed by atoms with van der Waals surface area (Å²) in [7, 11) is 0. The van der Waals surface area contributed by atoms with E-state index in [1.54, 1.807) is 0 Å². The van der Waals surface area contributed by atoms with Crippen LogP contribution < -0.4 is 0 Å². The first-order chi connectivity index (χ1) is 23.8. The Balaban J connectivity index is 1.26. The number of rotatable bonds is 5. The molecule has 0 N–H and O–H groups in total. The van der Waals surface area contributed by atoms with E-state index in [1.165, 1.54) is 88.3 Å². The zero-order valence-electron chi connectivity index (χ0n) is 26.7. The van der Waals surface area contributed by atoms with Crippen LogP contribution in [-0.4, -0.2) is 0 Å². The fourth-order valence-corrected chi connectivity index (χ4v) is 7.61. The van der Waals surface area contributed by atoms with Crippen LogP contribution in [0.3, 0.4) is 0 Å². The lowest BCUT2D eigenvalue weighted by atomic mass is 9.77. The zero-order chi connectivity index (χ0) is 31.9. The van der Waals surface area contributed by atoms with Crippen molar-refractivity contribution < 1.29 is 0 Å². The highest BCUT2D eigenvalue weighted by molar-refractivity contribution is 6.12. The van der Waals surface area contributed by atoms with E-state index in [0.717, 1.165) is 12.8 Å². The Bertz CT molecular complexity index is 2450. The van der Waals surface area contributed by atoms with Gasteiger partial charge in [0, 0.05) is 0 Å². The predicted octanol–water partition coefficient (Wildman–Crippen LogP) is 13.1. The van der Waals surface area contributed by atoms with Crippen molar-refractivity contribution in [3.8, 4) is 44.5 Å². The minimum Gasteiger partial charge on any atom is -0.0622 e. The molecule has 0 bridgehead atoms. The molecule has 0 spiro atoms. The minimum absolute atomic E-state index is 0.990. The van der Waals surface area contributed by atoms with E-state index in [-0.39, 0.29) is 0 Å². The van der Waals surface area contributed by atoms with Crippen LogP contribution in [0, 0.1) is 0 Å². The monoisotopic (exact) mass is 610 g/mol. The van der Waals surface area contributed by atoms with Crippen molar-refractivity contribution in [1.82, 2.24) is 0 Å². The molecule has 0 unspecified atom stereocenters. The largest absolute Gasteiger partial charge is 0.0622 e. The number of fused-ring (bicyclic) bond motifs is 3. The van der Waals surface area contributed by atoms with Gasteiger partial charge in [-0.2, -0.15) is 0 Å². The minimum atomic E-state index is 0.990. The van der Waals surface area contributed by atoms with E-state index in [0.29, 0.717) is 0 Å². The second-order valence-corrected chi connectivity index (χ2v) is 12.8. The molecule has 9 rings (SSSR count). The molecule has 0 saturated carbocycles. The lowest BCUT2D eigenvalue weighted by molar-refractivity contribution is 1.01. The number of hydrogen-bond acceptors (Lipinski definition) is 0. The maximum atomic E-state index is 2.50. The first-order valence-corrected chi connectivity index (χ1v) is 16.9. The second kappa shape index (κ2) is 12.0. The van der Waals surface area contributed by atoms with Crippen molar-refractivity contribution in [1.29, 1.82) is 0 Å². The van der Waals surface area contributed by atoms with Gasteiger partial charge in [0.1, 0.15) is 0 Å². The SMILES string of the molecule is C1=C(c2ccc3ccccc3c2)CCc2c1c(-c1ccc(-c3ccccc3)cc1)c1ccccc1c2-c1ccc(-c2ccccc2)cc1. The number of hydrogen-bond donors (Lipinski definition) is 0. The Labute approximate surface area is 282 Å². The molecular formula is C48H34. The van der Waals surface area contributed by atoms with Crippen LogP contribution in [0.1, 0.15) is 23.1 Å². The first kappa shape index (κ1) is 28.3. The highest BCUT2D eigenvalue weighted by Gasteiger charge is 2.24. The molecule has 0 nitrogen and oxygen atoms in total. The van der Waals surface area contributed by atoms with Gasteiger partial charge in [0.05, 0.1) is 0 Å². The highest BCUT2D eigenvalue weighted by Crippen LogP contribution is 2.47. The summed E-state index contributed by atoms with van der Waals surface area (Å²) in [4.78, 5) is 0. The third-order valence-corrected chi connectivity index (χ3v) is 10.0. The molecular weight excluding hydrogens is 577 g/mol. The molecule has 1 aliphatic carbocycles. The van der Waals surface area contributed by atoms with Crippen LogP contribution in [-0.2, 0) is 6.42 Å². The molecule has 0 radical (unpaired) electrons. The predicted molar refractivity (Wildman–Crippen MR) is 206 cm³/mol. The highest BCUT2D eigenvalue weighted by atomic mass is 14.3. The van der Waals surface area contributed by atoms with Gasteiger partial charge >= 0.3 is 0 Å². The third kappa shape index (κ3) is 5.03. The molecule has 0 heteroatoms. The summed E-state index contributed by atoms with van der Waals surface area (Å²) in [6.45, 7) is 0. The molecule has 8 aromatic carbocycles. The average molecular weight is 611 g/mol. The summed E-state index contributed by atoms with van der Waals surface area (Å²) in [6, 6.07) is 64.3. The van der Waals surface area contributed by atoms with Crippen LogP contribution in [0.15, 0.2) is 176 Å². The van der Waals surface area contributed by atoms with E-state index in [1.807, 2.05) is 0 Å². The van der Waals surface area contributed by atoms with E-state index >= 15 is 0 Å². The normalized spacial score (nSPS) is 12.5. The molecule has 1 aliphatic rings. The maximum absolute atomic E-state index is 2.50.